The first-order chi connectivity index (χ1) is 13.1. The standard InChI is InChI=1S/C22H30BrNO3/c1-3-26-21-13-19(15-24-11-5-4-6-12-25)20(23)14-22(21)27-16-18-9-7-17(2)8-10-18/h7-10,13-14,24-25H,3-6,11-12,15-16H2,1-2H3. The predicted octanol–water partition coefficient (Wildman–Crippen LogP) is 4.99. The maximum atomic E-state index is 8.82. The van der Waals surface area contributed by atoms with Gasteiger partial charge in [0.25, 0.3) is 0 Å². The Labute approximate surface area is 171 Å². The van der Waals surface area contributed by atoms with Crippen molar-refractivity contribution >= 4 is 15.9 Å². The number of nitrogens with one attached hydrogen (secondary N) is 1. The minimum Gasteiger partial charge on any atom is -0.490 e. The molecule has 4 nitrogen and oxygen atoms in total. The van der Waals surface area contributed by atoms with Gasteiger partial charge in [-0.1, -0.05) is 45.8 Å². The van der Waals surface area contributed by atoms with E-state index in [1.54, 1.807) is 0 Å². The van der Waals surface area contributed by atoms with E-state index in [0.29, 0.717) is 13.2 Å². The summed E-state index contributed by atoms with van der Waals surface area (Å²) in [4.78, 5) is 0. The van der Waals surface area contributed by atoms with E-state index in [-0.39, 0.29) is 6.61 Å². The number of ether oxygens (including phenoxy) is 2. The number of aliphatic hydroxyl groups excluding tert-OH is 1. The fourth-order valence-electron chi connectivity index (χ4n) is 2.70. The lowest BCUT2D eigenvalue weighted by molar-refractivity contribution is 0.269. The Morgan fingerprint density at radius 2 is 1.74 bits per heavy atom. The fourth-order valence-corrected chi connectivity index (χ4v) is 3.16. The van der Waals surface area contributed by atoms with Crippen molar-refractivity contribution in [1.29, 1.82) is 0 Å². The van der Waals surface area contributed by atoms with Crippen molar-refractivity contribution in [2.24, 2.45) is 0 Å². The van der Waals surface area contributed by atoms with Crippen LogP contribution in [-0.2, 0) is 13.2 Å². The summed E-state index contributed by atoms with van der Waals surface area (Å²) in [5.41, 5.74) is 3.51. The molecule has 2 aromatic rings. The summed E-state index contributed by atoms with van der Waals surface area (Å²) in [6, 6.07) is 12.4. The first kappa shape index (κ1) is 21.7. The van der Waals surface area contributed by atoms with Gasteiger partial charge in [-0.3, -0.25) is 0 Å². The molecule has 27 heavy (non-hydrogen) atoms. The van der Waals surface area contributed by atoms with Crippen molar-refractivity contribution in [2.75, 3.05) is 19.8 Å². The molecule has 0 fully saturated rings. The minimum atomic E-state index is 0.271. The molecule has 0 aliphatic heterocycles. The van der Waals surface area contributed by atoms with Crippen LogP contribution < -0.4 is 14.8 Å². The molecule has 0 aliphatic rings. The molecule has 148 valence electrons. The molecule has 2 aromatic carbocycles. The van der Waals surface area contributed by atoms with Crippen LogP contribution in [0.1, 0.15) is 42.9 Å². The summed E-state index contributed by atoms with van der Waals surface area (Å²) in [6.45, 7) is 7.12. The number of hydrogen-bond acceptors (Lipinski definition) is 4. The lowest BCUT2D eigenvalue weighted by Gasteiger charge is -2.15. The number of aliphatic hydroxyl groups is 1. The lowest BCUT2D eigenvalue weighted by atomic mass is 10.1. The van der Waals surface area contributed by atoms with Crippen molar-refractivity contribution < 1.29 is 14.6 Å². The zero-order valence-corrected chi connectivity index (χ0v) is 17.8. The molecule has 0 heterocycles. The van der Waals surface area contributed by atoms with Crippen LogP contribution in [0.5, 0.6) is 11.5 Å². The first-order valence-electron chi connectivity index (χ1n) is 9.59. The van der Waals surface area contributed by atoms with Gasteiger partial charge in [-0.2, -0.15) is 0 Å². The van der Waals surface area contributed by atoms with E-state index in [4.69, 9.17) is 14.6 Å². The number of halogens is 1. The molecule has 0 bridgehead atoms. The zero-order valence-electron chi connectivity index (χ0n) is 16.3. The van der Waals surface area contributed by atoms with Crippen LogP contribution in [0.3, 0.4) is 0 Å². The number of aryl methyl sites for hydroxylation is 1. The van der Waals surface area contributed by atoms with Gasteiger partial charge in [-0.25, -0.2) is 0 Å². The molecule has 0 amide bonds. The van der Waals surface area contributed by atoms with E-state index in [2.05, 4.69) is 52.4 Å². The molecule has 2 N–H and O–H groups in total. The van der Waals surface area contributed by atoms with E-state index in [1.807, 2.05) is 19.1 Å². The van der Waals surface area contributed by atoms with Crippen LogP contribution >= 0.6 is 15.9 Å². The average Bonchev–Trinajstić information content (AvgIpc) is 2.67. The zero-order chi connectivity index (χ0) is 19.5. The van der Waals surface area contributed by atoms with Crippen molar-refractivity contribution in [1.82, 2.24) is 5.32 Å². The van der Waals surface area contributed by atoms with Crippen LogP contribution in [0.2, 0.25) is 0 Å². The second-order valence-electron chi connectivity index (χ2n) is 6.56. The maximum Gasteiger partial charge on any atom is 0.162 e. The van der Waals surface area contributed by atoms with Crippen molar-refractivity contribution in [3.63, 3.8) is 0 Å². The maximum absolute atomic E-state index is 8.82. The van der Waals surface area contributed by atoms with E-state index in [9.17, 15) is 0 Å². The predicted molar refractivity (Wildman–Crippen MR) is 113 cm³/mol. The number of rotatable bonds is 12. The molecule has 2 rings (SSSR count). The molecule has 0 aromatic heterocycles. The minimum absolute atomic E-state index is 0.271. The second kappa shape index (κ2) is 12.0. The van der Waals surface area contributed by atoms with Gasteiger partial charge < -0.3 is 19.9 Å². The molecule has 0 aliphatic carbocycles. The normalized spacial score (nSPS) is 10.8. The monoisotopic (exact) mass is 435 g/mol. The molecule has 0 unspecified atom stereocenters. The molecule has 0 saturated heterocycles. The SMILES string of the molecule is CCOc1cc(CNCCCCCO)c(Br)cc1OCc1ccc(C)cc1. The van der Waals surface area contributed by atoms with Crippen LogP contribution in [0.15, 0.2) is 40.9 Å². The van der Waals surface area contributed by atoms with Gasteiger partial charge in [0.2, 0.25) is 0 Å². The number of benzene rings is 2. The Morgan fingerprint density at radius 1 is 1.00 bits per heavy atom. The molecular weight excluding hydrogens is 406 g/mol. The molecule has 0 saturated carbocycles. The van der Waals surface area contributed by atoms with Crippen LogP contribution in [0, 0.1) is 6.92 Å². The van der Waals surface area contributed by atoms with E-state index in [1.165, 1.54) is 5.56 Å². The van der Waals surface area contributed by atoms with Crippen LogP contribution in [-0.4, -0.2) is 24.9 Å². The Balaban J connectivity index is 1.98. The average molecular weight is 436 g/mol. The second-order valence-corrected chi connectivity index (χ2v) is 7.41. The largest absolute Gasteiger partial charge is 0.490 e. The first-order valence-corrected chi connectivity index (χ1v) is 10.4. The van der Waals surface area contributed by atoms with E-state index >= 15 is 0 Å². The molecular formula is C22H30BrNO3. The summed E-state index contributed by atoms with van der Waals surface area (Å²) >= 11 is 3.65. The highest BCUT2D eigenvalue weighted by atomic mass is 79.9. The third kappa shape index (κ3) is 7.53. The summed E-state index contributed by atoms with van der Waals surface area (Å²) in [5, 5.41) is 12.3. The molecule has 5 heteroatoms. The Kier molecular flexibility index (Phi) is 9.67. The third-order valence-corrected chi connectivity index (χ3v) is 4.99. The molecule has 0 radical (unpaired) electrons. The summed E-state index contributed by atoms with van der Waals surface area (Å²) in [7, 11) is 0. The van der Waals surface area contributed by atoms with Gasteiger partial charge in [0.05, 0.1) is 6.61 Å². The van der Waals surface area contributed by atoms with E-state index < -0.39 is 0 Å². The van der Waals surface area contributed by atoms with E-state index in [0.717, 1.165) is 59.5 Å². The van der Waals surface area contributed by atoms with Gasteiger partial charge in [0.1, 0.15) is 6.61 Å². The highest BCUT2D eigenvalue weighted by Gasteiger charge is 2.11. The van der Waals surface area contributed by atoms with Gasteiger partial charge in [0.15, 0.2) is 11.5 Å². The Hall–Kier alpha value is -1.56. The lowest BCUT2D eigenvalue weighted by Crippen LogP contribution is -2.15. The van der Waals surface area contributed by atoms with Gasteiger partial charge in [-0.05, 0) is 62.9 Å². The van der Waals surface area contributed by atoms with Crippen LogP contribution in [0.4, 0.5) is 0 Å². The van der Waals surface area contributed by atoms with Gasteiger partial charge in [0, 0.05) is 17.6 Å². The smallest absolute Gasteiger partial charge is 0.162 e. The highest BCUT2D eigenvalue weighted by molar-refractivity contribution is 9.10. The fraction of sp³-hybridized carbons (Fsp3) is 0.455. The van der Waals surface area contributed by atoms with Crippen molar-refractivity contribution in [3.8, 4) is 11.5 Å². The summed E-state index contributed by atoms with van der Waals surface area (Å²) in [5.74, 6) is 1.51. The molecule has 0 spiro atoms. The Bertz CT molecular complexity index is 689. The molecule has 0 atom stereocenters. The number of hydrogen-bond donors (Lipinski definition) is 2. The van der Waals surface area contributed by atoms with Crippen molar-refractivity contribution in [2.45, 2.75) is 46.3 Å². The van der Waals surface area contributed by atoms with Gasteiger partial charge >= 0.3 is 0 Å². The van der Waals surface area contributed by atoms with Gasteiger partial charge in [-0.15, -0.1) is 0 Å². The summed E-state index contributed by atoms with van der Waals surface area (Å²) in [6.07, 6.45) is 2.97. The summed E-state index contributed by atoms with van der Waals surface area (Å²) < 4.78 is 12.8. The highest BCUT2D eigenvalue weighted by Crippen LogP contribution is 2.34. The number of unbranched alkanes of at least 4 members (excludes halogenated alkanes) is 2. The van der Waals surface area contributed by atoms with Crippen molar-refractivity contribution in [3.05, 3.63) is 57.6 Å². The Morgan fingerprint density at radius 3 is 2.44 bits per heavy atom. The third-order valence-electron chi connectivity index (χ3n) is 4.25. The van der Waals surface area contributed by atoms with Crippen LogP contribution in [0.25, 0.3) is 0 Å². The topological polar surface area (TPSA) is 50.7 Å². The quantitative estimate of drug-likeness (QED) is 0.461.